The van der Waals surface area contributed by atoms with Crippen LogP contribution < -0.4 is 5.32 Å². The summed E-state index contributed by atoms with van der Waals surface area (Å²) in [4.78, 5) is 13.8. The van der Waals surface area contributed by atoms with Crippen molar-refractivity contribution in [1.29, 1.82) is 0 Å². The van der Waals surface area contributed by atoms with E-state index >= 15 is 0 Å². The molecule has 15 heavy (non-hydrogen) atoms. The van der Waals surface area contributed by atoms with Crippen LogP contribution in [0.2, 0.25) is 0 Å². The largest absolute Gasteiger partial charge is 0.343 e. The minimum Gasteiger partial charge on any atom is -0.343 e. The van der Waals surface area contributed by atoms with E-state index in [0.29, 0.717) is 24.3 Å². The van der Waals surface area contributed by atoms with Crippen LogP contribution >= 0.6 is 0 Å². The van der Waals surface area contributed by atoms with Crippen molar-refractivity contribution in [3.05, 3.63) is 0 Å². The van der Waals surface area contributed by atoms with E-state index in [2.05, 4.69) is 19.2 Å². The van der Waals surface area contributed by atoms with Crippen LogP contribution in [0.1, 0.15) is 39.5 Å². The van der Waals surface area contributed by atoms with Gasteiger partial charge in [0, 0.05) is 19.5 Å². The van der Waals surface area contributed by atoms with Gasteiger partial charge in [-0.15, -0.1) is 0 Å². The van der Waals surface area contributed by atoms with Gasteiger partial charge in [0.1, 0.15) is 0 Å². The Hall–Kier alpha value is -0.570. The molecule has 1 saturated heterocycles. The smallest absolute Gasteiger partial charge is 0.222 e. The average Bonchev–Trinajstić information content (AvgIpc) is 2.43. The lowest BCUT2D eigenvalue weighted by Gasteiger charge is -2.27. The van der Waals surface area contributed by atoms with Crippen LogP contribution in [0.3, 0.4) is 0 Å². The third-order valence-electron chi connectivity index (χ3n) is 3.07. The van der Waals surface area contributed by atoms with E-state index < -0.39 is 0 Å². The second-order valence-corrected chi connectivity index (χ2v) is 4.94. The molecule has 1 amide bonds. The molecule has 1 heterocycles. The van der Waals surface area contributed by atoms with E-state index in [1.54, 1.807) is 0 Å². The van der Waals surface area contributed by atoms with Gasteiger partial charge < -0.3 is 10.2 Å². The van der Waals surface area contributed by atoms with E-state index in [4.69, 9.17) is 0 Å². The Morgan fingerprint density at radius 1 is 1.40 bits per heavy atom. The van der Waals surface area contributed by atoms with Crippen LogP contribution in [-0.2, 0) is 4.79 Å². The van der Waals surface area contributed by atoms with E-state index in [-0.39, 0.29) is 0 Å². The first kappa shape index (κ1) is 12.5. The summed E-state index contributed by atoms with van der Waals surface area (Å²) >= 11 is 0. The Bertz CT molecular complexity index is 196. The number of rotatable bonds is 3. The van der Waals surface area contributed by atoms with Crippen molar-refractivity contribution >= 4 is 5.91 Å². The molecule has 1 N–H and O–H groups in total. The zero-order chi connectivity index (χ0) is 11.3. The highest BCUT2D eigenvalue weighted by atomic mass is 16.2. The highest BCUT2D eigenvalue weighted by Crippen LogP contribution is 2.14. The molecule has 1 atom stereocenters. The van der Waals surface area contributed by atoms with Crippen molar-refractivity contribution in [1.82, 2.24) is 10.2 Å². The van der Waals surface area contributed by atoms with Crippen molar-refractivity contribution in [2.75, 3.05) is 20.1 Å². The molecule has 0 radical (unpaired) electrons. The van der Waals surface area contributed by atoms with Crippen molar-refractivity contribution in [2.24, 2.45) is 5.92 Å². The molecular weight excluding hydrogens is 188 g/mol. The van der Waals surface area contributed by atoms with Crippen molar-refractivity contribution in [3.8, 4) is 0 Å². The fourth-order valence-corrected chi connectivity index (χ4v) is 2.08. The van der Waals surface area contributed by atoms with Gasteiger partial charge in [-0.3, -0.25) is 4.79 Å². The lowest BCUT2D eigenvalue weighted by Crippen LogP contribution is -2.38. The van der Waals surface area contributed by atoms with Gasteiger partial charge >= 0.3 is 0 Å². The molecule has 3 heteroatoms. The highest BCUT2D eigenvalue weighted by Gasteiger charge is 2.21. The number of nitrogens with one attached hydrogen (secondary N) is 1. The summed E-state index contributed by atoms with van der Waals surface area (Å²) in [5, 5.41) is 3.37. The van der Waals surface area contributed by atoms with Gasteiger partial charge in [0.25, 0.3) is 0 Å². The summed E-state index contributed by atoms with van der Waals surface area (Å²) in [5.41, 5.74) is 0. The van der Waals surface area contributed by atoms with Gasteiger partial charge in [-0.25, -0.2) is 0 Å². The molecule has 0 aromatic heterocycles. The maximum Gasteiger partial charge on any atom is 0.222 e. The van der Waals surface area contributed by atoms with E-state index in [1.807, 2.05) is 11.9 Å². The lowest BCUT2D eigenvalue weighted by molar-refractivity contribution is -0.132. The van der Waals surface area contributed by atoms with Crippen LogP contribution in [0.4, 0.5) is 0 Å². The van der Waals surface area contributed by atoms with Crippen molar-refractivity contribution < 1.29 is 4.79 Å². The zero-order valence-corrected chi connectivity index (χ0v) is 10.3. The Morgan fingerprint density at radius 2 is 2.13 bits per heavy atom. The van der Waals surface area contributed by atoms with Gasteiger partial charge in [0.05, 0.1) is 0 Å². The monoisotopic (exact) mass is 212 g/mol. The first-order chi connectivity index (χ1) is 7.11. The molecule has 0 bridgehead atoms. The summed E-state index contributed by atoms with van der Waals surface area (Å²) in [7, 11) is 1.96. The van der Waals surface area contributed by atoms with E-state index in [1.165, 1.54) is 6.42 Å². The Labute approximate surface area is 93.2 Å². The first-order valence-electron chi connectivity index (χ1n) is 6.07. The molecule has 88 valence electrons. The molecule has 1 aliphatic rings. The van der Waals surface area contributed by atoms with E-state index in [0.717, 1.165) is 25.9 Å². The number of carbonyl (C=O) groups excluding carboxylic acids is 1. The number of nitrogens with zero attached hydrogens (tertiary/aromatic N) is 1. The molecule has 0 aromatic rings. The van der Waals surface area contributed by atoms with Crippen LogP contribution in [0, 0.1) is 5.92 Å². The van der Waals surface area contributed by atoms with Gasteiger partial charge in [0.15, 0.2) is 0 Å². The highest BCUT2D eigenvalue weighted by molar-refractivity contribution is 5.76. The quantitative estimate of drug-likeness (QED) is 0.771. The van der Waals surface area contributed by atoms with E-state index in [9.17, 15) is 4.79 Å². The van der Waals surface area contributed by atoms with Gasteiger partial charge in [-0.2, -0.15) is 0 Å². The average molecular weight is 212 g/mol. The lowest BCUT2D eigenvalue weighted by atomic mass is 10.1. The first-order valence-corrected chi connectivity index (χ1v) is 6.07. The van der Waals surface area contributed by atoms with Crippen LogP contribution in [0.25, 0.3) is 0 Å². The number of hydrogen-bond acceptors (Lipinski definition) is 2. The Balaban J connectivity index is 2.42. The summed E-state index contributed by atoms with van der Waals surface area (Å²) in [6.45, 7) is 6.34. The van der Waals surface area contributed by atoms with Gasteiger partial charge in [0.2, 0.25) is 5.91 Å². The van der Waals surface area contributed by atoms with Crippen LogP contribution in [-0.4, -0.2) is 37.0 Å². The van der Waals surface area contributed by atoms with Gasteiger partial charge in [-0.1, -0.05) is 13.8 Å². The molecule has 0 saturated carbocycles. The number of amides is 1. The SMILES string of the molecule is CC(C)CC(=O)N(C)C1CCCNCC1. The minimum atomic E-state index is 0.303. The van der Waals surface area contributed by atoms with Crippen molar-refractivity contribution in [2.45, 2.75) is 45.6 Å². The fraction of sp³-hybridized carbons (Fsp3) is 0.917. The van der Waals surface area contributed by atoms with Gasteiger partial charge in [-0.05, 0) is 38.3 Å². The minimum absolute atomic E-state index is 0.303. The topological polar surface area (TPSA) is 32.3 Å². The number of hydrogen-bond donors (Lipinski definition) is 1. The van der Waals surface area contributed by atoms with Crippen LogP contribution in [0.5, 0.6) is 0 Å². The second-order valence-electron chi connectivity index (χ2n) is 4.94. The summed E-state index contributed by atoms with van der Waals surface area (Å²) in [6, 6.07) is 0.450. The Morgan fingerprint density at radius 3 is 2.80 bits per heavy atom. The maximum absolute atomic E-state index is 11.9. The zero-order valence-electron chi connectivity index (χ0n) is 10.3. The van der Waals surface area contributed by atoms with Crippen LogP contribution in [0.15, 0.2) is 0 Å². The summed E-state index contributed by atoms with van der Waals surface area (Å²) in [6.07, 6.45) is 4.11. The molecule has 1 unspecified atom stereocenters. The standard InChI is InChI=1S/C12H24N2O/c1-10(2)9-12(15)14(3)11-5-4-7-13-8-6-11/h10-11,13H,4-9H2,1-3H3. The molecule has 0 spiro atoms. The maximum atomic E-state index is 11.9. The van der Waals surface area contributed by atoms with Crippen molar-refractivity contribution in [3.63, 3.8) is 0 Å². The molecule has 0 aromatic carbocycles. The molecule has 1 aliphatic heterocycles. The third kappa shape index (κ3) is 4.20. The fourth-order valence-electron chi connectivity index (χ4n) is 2.08. The normalized spacial score (nSPS) is 22.5. The molecule has 1 fully saturated rings. The molecule has 1 rings (SSSR count). The summed E-state index contributed by atoms with van der Waals surface area (Å²) in [5.74, 6) is 0.765. The summed E-state index contributed by atoms with van der Waals surface area (Å²) < 4.78 is 0. The molecule has 3 nitrogen and oxygen atoms in total. The number of carbonyl (C=O) groups is 1. The predicted octanol–water partition coefficient (Wildman–Crippen LogP) is 1.63. The molecular formula is C12H24N2O. The third-order valence-corrected chi connectivity index (χ3v) is 3.07. The Kier molecular flexibility index (Phi) is 5.09. The molecule has 0 aliphatic carbocycles. The predicted molar refractivity (Wildman–Crippen MR) is 62.7 cm³/mol. The second kappa shape index (κ2) is 6.11.